The molecule has 57 heavy (non-hydrogen) atoms. The minimum atomic E-state index is -0.369. The van der Waals surface area contributed by atoms with E-state index in [9.17, 15) is 0 Å². The summed E-state index contributed by atoms with van der Waals surface area (Å²) in [7, 11) is 0. The maximum Gasteiger partial charge on any atom is 0.0543 e. The summed E-state index contributed by atoms with van der Waals surface area (Å²) in [5.74, 6) is 0.255. The molecule has 284 valence electrons. The Morgan fingerprint density at radius 3 is 2.07 bits per heavy atom. The number of fused-ring (bicyclic) bond motifs is 5. The molecule has 0 radical (unpaired) electrons. The maximum absolute atomic E-state index is 2.68. The molecule has 2 atom stereocenters. The third kappa shape index (κ3) is 5.64. The first-order valence-electron chi connectivity index (χ1n) is 21.5. The Hall–Kier alpha value is -5.40. The zero-order valence-electron chi connectivity index (χ0n) is 34.4. The van der Waals surface area contributed by atoms with Gasteiger partial charge in [0.1, 0.15) is 0 Å². The third-order valence-electron chi connectivity index (χ3n) is 14.3. The fourth-order valence-corrected chi connectivity index (χ4v) is 11.3. The highest BCUT2D eigenvalue weighted by Gasteiger charge is 2.50. The largest absolute Gasteiger partial charge is 0.309 e. The van der Waals surface area contributed by atoms with E-state index in [1.165, 1.54) is 110 Å². The van der Waals surface area contributed by atoms with Crippen LogP contribution in [-0.2, 0) is 29.1 Å². The van der Waals surface area contributed by atoms with Crippen molar-refractivity contribution in [2.24, 2.45) is 5.92 Å². The highest BCUT2D eigenvalue weighted by atomic mass is 15.2. The lowest BCUT2D eigenvalue weighted by molar-refractivity contribution is 0.332. The van der Waals surface area contributed by atoms with E-state index in [1.54, 1.807) is 0 Å². The lowest BCUT2D eigenvalue weighted by atomic mass is 9.62. The summed E-state index contributed by atoms with van der Waals surface area (Å²) < 4.78 is 0. The molecule has 1 nitrogen and oxygen atoms in total. The summed E-state index contributed by atoms with van der Waals surface area (Å²) in [6.45, 7) is 12.2. The van der Waals surface area contributed by atoms with Gasteiger partial charge in [-0.3, -0.25) is 0 Å². The van der Waals surface area contributed by atoms with Crippen LogP contribution in [0.1, 0.15) is 104 Å². The second-order valence-corrected chi connectivity index (χ2v) is 18.6. The van der Waals surface area contributed by atoms with Crippen LogP contribution in [0, 0.1) is 12.8 Å². The van der Waals surface area contributed by atoms with Crippen molar-refractivity contribution in [3.63, 3.8) is 0 Å². The maximum atomic E-state index is 2.68. The topological polar surface area (TPSA) is 3.24 Å². The second-order valence-electron chi connectivity index (χ2n) is 18.6. The molecule has 0 amide bonds. The molecule has 0 heterocycles. The summed E-state index contributed by atoms with van der Waals surface area (Å²) in [6, 6.07) is 49.5. The zero-order valence-corrected chi connectivity index (χ0v) is 34.4. The number of nitrogens with zero attached hydrogens (tertiary/aromatic N) is 1. The van der Waals surface area contributed by atoms with Gasteiger partial charge in [0.25, 0.3) is 0 Å². The number of benzene rings is 6. The van der Waals surface area contributed by atoms with Crippen LogP contribution in [0.15, 0.2) is 152 Å². The molecule has 0 fully saturated rings. The van der Waals surface area contributed by atoms with Gasteiger partial charge in [-0.1, -0.05) is 155 Å². The normalized spacial score (nSPS) is 21.0. The molecular formula is C56H55N. The minimum Gasteiger partial charge on any atom is -0.309 e. The average molecular weight is 742 g/mol. The van der Waals surface area contributed by atoms with E-state index in [1.807, 2.05) is 0 Å². The SMILES string of the molecule is Cc1ccc2c(c1N(c1ccccc1)c1cc3c(cc1-c1ccc4c(c1)CCCC4)-c1ccccc1C3(c1ccccc1)C1C=CC=CC1)C(C)(C)CCC2(C)C. The molecule has 1 heteroatoms. The molecule has 0 saturated carbocycles. The Labute approximate surface area is 340 Å². The van der Waals surface area contributed by atoms with Gasteiger partial charge < -0.3 is 4.90 Å². The molecule has 0 bridgehead atoms. The van der Waals surface area contributed by atoms with Crippen LogP contribution in [0.2, 0.25) is 0 Å². The van der Waals surface area contributed by atoms with Crippen molar-refractivity contribution in [1.29, 1.82) is 0 Å². The van der Waals surface area contributed by atoms with Gasteiger partial charge in [0.05, 0.1) is 16.8 Å². The lowest BCUT2D eigenvalue weighted by Crippen LogP contribution is -2.36. The van der Waals surface area contributed by atoms with Crippen molar-refractivity contribution < 1.29 is 0 Å². The Kier molecular flexibility index (Phi) is 8.60. The zero-order chi connectivity index (χ0) is 38.9. The van der Waals surface area contributed by atoms with E-state index in [0.29, 0.717) is 0 Å². The second kappa shape index (κ2) is 13.6. The molecule has 4 aliphatic carbocycles. The van der Waals surface area contributed by atoms with Crippen molar-refractivity contribution in [3.05, 3.63) is 196 Å². The van der Waals surface area contributed by atoms with Gasteiger partial charge in [-0.15, -0.1) is 0 Å². The molecule has 4 aliphatic rings. The van der Waals surface area contributed by atoms with E-state index < -0.39 is 0 Å². The fraction of sp³-hybridized carbons (Fsp3) is 0.286. The molecular weight excluding hydrogens is 687 g/mol. The molecule has 6 aromatic carbocycles. The van der Waals surface area contributed by atoms with Crippen molar-refractivity contribution in [3.8, 4) is 22.3 Å². The van der Waals surface area contributed by atoms with E-state index >= 15 is 0 Å². The predicted octanol–water partition coefficient (Wildman–Crippen LogP) is 14.8. The number of hydrogen-bond donors (Lipinski definition) is 0. The molecule has 0 N–H and O–H groups in total. The van der Waals surface area contributed by atoms with Crippen LogP contribution in [0.4, 0.5) is 17.1 Å². The number of aryl methyl sites for hydroxylation is 3. The first-order valence-corrected chi connectivity index (χ1v) is 21.5. The standard InChI is InChI=1S/C56H55N/c1-38-29-32-49-52(55(4,5)34-33-54(49,2)3)53(38)57(44-25-13-8-14-26-44)51-37-50-47(36-46(51)41-31-30-39-19-15-16-20-40(39)35-41)45-27-17-18-28-48(45)56(50,42-21-9-6-10-22-42)43-23-11-7-12-24-43/h6-14,17-18,21-23,25-32,35-37,43H,15-16,19-20,24,33-34H2,1-5H3. The molecule has 0 aliphatic heterocycles. The summed E-state index contributed by atoms with van der Waals surface area (Å²) in [5, 5.41) is 0. The van der Waals surface area contributed by atoms with Gasteiger partial charge in [-0.05, 0) is 154 Å². The number of hydrogen-bond acceptors (Lipinski definition) is 1. The Morgan fingerprint density at radius 2 is 1.30 bits per heavy atom. The van der Waals surface area contributed by atoms with Gasteiger partial charge in [-0.25, -0.2) is 0 Å². The Bertz CT molecular complexity index is 2570. The molecule has 2 unspecified atom stereocenters. The molecule has 10 rings (SSSR count). The van der Waals surface area contributed by atoms with Gasteiger partial charge >= 0.3 is 0 Å². The monoisotopic (exact) mass is 741 g/mol. The van der Waals surface area contributed by atoms with Crippen LogP contribution >= 0.6 is 0 Å². The first kappa shape index (κ1) is 36.0. The number of anilines is 3. The van der Waals surface area contributed by atoms with Crippen molar-refractivity contribution in [2.75, 3.05) is 4.90 Å². The summed E-state index contributed by atoms with van der Waals surface area (Å²) in [5.41, 5.74) is 20.4. The summed E-state index contributed by atoms with van der Waals surface area (Å²) in [4.78, 5) is 2.68. The van der Waals surface area contributed by atoms with Crippen LogP contribution in [0.3, 0.4) is 0 Å². The number of rotatable bonds is 6. The van der Waals surface area contributed by atoms with Crippen molar-refractivity contribution in [1.82, 2.24) is 0 Å². The van der Waals surface area contributed by atoms with Crippen LogP contribution < -0.4 is 4.90 Å². The smallest absolute Gasteiger partial charge is 0.0543 e. The fourth-order valence-electron chi connectivity index (χ4n) is 11.3. The summed E-state index contributed by atoms with van der Waals surface area (Å²) >= 11 is 0. The molecule has 0 saturated heterocycles. The third-order valence-corrected chi connectivity index (χ3v) is 14.3. The predicted molar refractivity (Wildman–Crippen MR) is 241 cm³/mol. The summed E-state index contributed by atoms with van der Waals surface area (Å²) in [6.07, 6.45) is 17.6. The van der Waals surface area contributed by atoms with E-state index in [4.69, 9.17) is 0 Å². The average Bonchev–Trinajstić information content (AvgIpc) is 3.53. The highest BCUT2D eigenvalue weighted by molar-refractivity contribution is 5.97. The number of allylic oxidation sites excluding steroid dienone is 4. The highest BCUT2D eigenvalue weighted by Crippen LogP contribution is 2.61. The van der Waals surface area contributed by atoms with Gasteiger partial charge in [0, 0.05) is 11.3 Å². The Balaban J connectivity index is 1.36. The van der Waals surface area contributed by atoms with Gasteiger partial charge in [0.15, 0.2) is 0 Å². The van der Waals surface area contributed by atoms with Gasteiger partial charge in [0.2, 0.25) is 0 Å². The van der Waals surface area contributed by atoms with Crippen LogP contribution in [-0.4, -0.2) is 0 Å². The quantitative estimate of drug-likeness (QED) is 0.164. The molecule has 0 aromatic heterocycles. The van der Waals surface area contributed by atoms with Gasteiger partial charge in [-0.2, -0.15) is 0 Å². The Morgan fingerprint density at radius 1 is 0.579 bits per heavy atom. The molecule has 6 aromatic rings. The van der Waals surface area contributed by atoms with Crippen LogP contribution in [0.5, 0.6) is 0 Å². The minimum absolute atomic E-state index is 0.00517. The van der Waals surface area contributed by atoms with Crippen molar-refractivity contribution >= 4 is 17.1 Å². The van der Waals surface area contributed by atoms with E-state index in [-0.39, 0.29) is 22.2 Å². The van der Waals surface area contributed by atoms with E-state index in [2.05, 4.69) is 191 Å². The van der Waals surface area contributed by atoms with Crippen LogP contribution in [0.25, 0.3) is 22.3 Å². The van der Waals surface area contributed by atoms with Crippen molar-refractivity contribution in [2.45, 2.75) is 95.8 Å². The lowest BCUT2D eigenvalue weighted by Gasteiger charge is -2.45. The molecule has 0 spiro atoms. The number of para-hydroxylation sites is 1. The first-order chi connectivity index (χ1) is 27.7. The van der Waals surface area contributed by atoms with E-state index in [0.717, 1.165) is 19.3 Å².